The Balaban J connectivity index is 0.00000578. The average Bonchev–Trinajstić information content (AvgIpc) is 2.72. The number of rotatable bonds is 12. The van der Waals surface area contributed by atoms with E-state index in [1.165, 1.54) is 6.92 Å². The van der Waals surface area contributed by atoms with Gasteiger partial charge in [0.1, 0.15) is 0 Å². The predicted octanol–water partition coefficient (Wildman–Crippen LogP) is -4.65. The Bertz CT molecular complexity index is 1160. The van der Waals surface area contributed by atoms with Gasteiger partial charge in [0, 0.05) is 11.5 Å². The van der Waals surface area contributed by atoms with E-state index in [9.17, 15) is 35.5 Å². The van der Waals surface area contributed by atoms with Crippen LogP contribution >= 0.6 is 0 Å². The van der Waals surface area contributed by atoms with Gasteiger partial charge in [0.05, 0.1) is 33.5 Å². The van der Waals surface area contributed by atoms with Crippen LogP contribution in [0.15, 0.2) is 42.5 Å². The van der Waals surface area contributed by atoms with Gasteiger partial charge in [-0.25, -0.2) is 16.8 Å². The molecule has 0 aliphatic rings. The van der Waals surface area contributed by atoms with Gasteiger partial charge < -0.3 is 18.6 Å². The Morgan fingerprint density at radius 1 is 0.800 bits per heavy atom. The fourth-order valence-corrected chi connectivity index (χ4v) is 4.05. The third-order valence-corrected chi connectivity index (χ3v) is 6.39. The fraction of sp³-hybridized carbons (Fsp3) is 0.429. The first-order valence-corrected chi connectivity index (χ1v) is 13.1. The van der Waals surface area contributed by atoms with Crippen LogP contribution in [0.5, 0.6) is 0 Å². The van der Waals surface area contributed by atoms with Crippen molar-refractivity contribution in [1.82, 2.24) is 0 Å². The molecule has 10 nitrogen and oxygen atoms in total. The van der Waals surface area contributed by atoms with E-state index in [0.717, 1.165) is 10.8 Å². The molecule has 0 spiro atoms. The summed E-state index contributed by atoms with van der Waals surface area (Å²) in [4.78, 5) is 25.6. The Hall–Kier alpha value is -0.540. The summed E-state index contributed by atoms with van der Waals surface area (Å²) in [6, 6.07) is 12.8. The molecule has 0 heterocycles. The number of ether oxygens (including phenoxy) is 2. The van der Waals surface area contributed by atoms with Crippen LogP contribution in [0.25, 0.3) is 10.8 Å². The number of carbonyl (C=O) groups is 2. The number of benzene rings is 2. The minimum atomic E-state index is -4.48. The SMILES string of the molecule is CC(Cc1ccc2ccccc2c1)(C(=O)OCCCS(=O)(=O)[O-])C(=O)OCCCS(=O)(=O)[O-].[Na+].[Na+]. The van der Waals surface area contributed by atoms with E-state index >= 15 is 0 Å². The molecule has 2 rings (SSSR count). The first kappa shape index (κ1) is 34.5. The van der Waals surface area contributed by atoms with Crippen molar-refractivity contribution < 1.29 is 104 Å². The minimum Gasteiger partial charge on any atom is -0.748 e. The largest absolute Gasteiger partial charge is 1.00 e. The third kappa shape index (κ3) is 12.0. The van der Waals surface area contributed by atoms with E-state index in [1.54, 1.807) is 12.1 Å². The Morgan fingerprint density at radius 2 is 1.26 bits per heavy atom. The maximum Gasteiger partial charge on any atom is 1.00 e. The molecule has 0 amide bonds. The first-order valence-electron chi connectivity index (χ1n) is 9.99. The van der Waals surface area contributed by atoms with Crippen molar-refractivity contribution in [2.45, 2.75) is 26.2 Å². The summed E-state index contributed by atoms with van der Waals surface area (Å²) in [6.07, 6.45) is -0.588. The second kappa shape index (κ2) is 15.0. The van der Waals surface area contributed by atoms with E-state index in [2.05, 4.69) is 0 Å². The number of esters is 2. The van der Waals surface area contributed by atoms with Crippen molar-refractivity contribution in [2.24, 2.45) is 5.41 Å². The van der Waals surface area contributed by atoms with Gasteiger partial charge in [-0.15, -0.1) is 0 Å². The summed E-state index contributed by atoms with van der Waals surface area (Å²) in [5, 5.41) is 1.83. The van der Waals surface area contributed by atoms with Crippen LogP contribution in [0.4, 0.5) is 0 Å². The molecular weight excluding hydrogens is 522 g/mol. The predicted molar refractivity (Wildman–Crippen MR) is 116 cm³/mol. The molecule has 0 N–H and O–H groups in total. The zero-order valence-corrected chi connectivity index (χ0v) is 25.5. The second-order valence-electron chi connectivity index (χ2n) is 7.69. The van der Waals surface area contributed by atoms with Gasteiger partial charge in [-0.3, -0.25) is 9.59 Å². The van der Waals surface area contributed by atoms with Gasteiger partial charge in [-0.05, 0) is 42.5 Å². The smallest absolute Gasteiger partial charge is 0.748 e. The van der Waals surface area contributed by atoms with Crippen LogP contribution in [-0.4, -0.2) is 62.6 Å². The maximum absolute atomic E-state index is 12.8. The fourth-order valence-electron chi connectivity index (χ4n) is 3.10. The van der Waals surface area contributed by atoms with E-state index in [4.69, 9.17) is 9.47 Å². The summed E-state index contributed by atoms with van der Waals surface area (Å²) < 4.78 is 74.4. The van der Waals surface area contributed by atoms with Crippen LogP contribution in [0.3, 0.4) is 0 Å². The molecule has 0 saturated heterocycles. The molecule has 0 saturated carbocycles. The van der Waals surface area contributed by atoms with E-state index in [1.807, 2.05) is 30.3 Å². The van der Waals surface area contributed by atoms with Crippen molar-refractivity contribution in [3.05, 3.63) is 48.0 Å². The Morgan fingerprint density at radius 3 is 1.71 bits per heavy atom. The van der Waals surface area contributed by atoms with Crippen LogP contribution < -0.4 is 59.1 Å². The Labute approximate surface area is 249 Å². The molecule has 0 aromatic heterocycles. The molecule has 0 fully saturated rings. The van der Waals surface area contributed by atoms with Crippen molar-refractivity contribution in [2.75, 3.05) is 24.7 Å². The number of hydrogen-bond donors (Lipinski definition) is 0. The van der Waals surface area contributed by atoms with Gasteiger partial charge in [0.2, 0.25) is 0 Å². The first-order chi connectivity index (χ1) is 15.3. The Kier molecular flexibility index (Phi) is 14.8. The number of fused-ring (bicyclic) bond motifs is 1. The van der Waals surface area contributed by atoms with Gasteiger partial charge in [-0.2, -0.15) is 0 Å². The number of carbonyl (C=O) groups excluding carboxylic acids is 2. The van der Waals surface area contributed by atoms with E-state index < -0.39 is 62.3 Å². The van der Waals surface area contributed by atoms with Gasteiger partial charge in [0.25, 0.3) is 0 Å². The minimum absolute atomic E-state index is 0. The molecule has 14 heteroatoms. The molecule has 0 atom stereocenters. The molecule has 0 aliphatic heterocycles. The van der Waals surface area contributed by atoms with Crippen LogP contribution in [-0.2, 0) is 45.7 Å². The van der Waals surface area contributed by atoms with Gasteiger partial charge in [0.15, 0.2) is 5.41 Å². The van der Waals surface area contributed by atoms with Crippen molar-refractivity contribution in [3.8, 4) is 0 Å². The third-order valence-electron chi connectivity index (χ3n) is 4.82. The normalized spacial score (nSPS) is 11.7. The number of hydrogen-bond acceptors (Lipinski definition) is 10. The van der Waals surface area contributed by atoms with Crippen LogP contribution in [0.2, 0.25) is 0 Å². The zero-order chi connectivity index (χ0) is 24.7. The molecule has 0 radical (unpaired) electrons. The molecule has 35 heavy (non-hydrogen) atoms. The molecule has 0 bridgehead atoms. The molecular formula is C21H24Na2O10S2. The molecule has 0 aliphatic carbocycles. The monoisotopic (exact) mass is 546 g/mol. The summed E-state index contributed by atoms with van der Waals surface area (Å²) in [7, 11) is -8.96. The van der Waals surface area contributed by atoms with Crippen molar-refractivity contribution in [1.29, 1.82) is 0 Å². The van der Waals surface area contributed by atoms with E-state index in [0.29, 0.717) is 5.56 Å². The topological polar surface area (TPSA) is 167 Å². The van der Waals surface area contributed by atoms with Crippen molar-refractivity contribution >= 4 is 42.9 Å². The molecule has 2 aromatic rings. The van der Waals surface area contributed by atoms with Gasteiger partial charge in [-0.1, -0.05) is 42.5 Å². The average molecular weight is 547 g/mol. The molecule has 182 valence electrons. The molecule has 0 unspecified atom stereocenters. The summed E-state index contributed by atoms with van der Waals surface area (Å²) in [6.45, 7) is 0.506. The van der Waals surface area contributed by atoms with E-state index in [-0.39, 0.29) is 78.4 Å². The summed E-state index contributed by atoms with van der Waals surface area (Å²) in [5.74, 6) is -3.42. The quantitative estimate of drug-likeness (QED) is 0.0830. The second-order valence-corrected chi connectivity index (χ2v) is 10.7. The van der Waals surface area contributed by atoms with Crippen LogP contribution in [0.1, 0.15) is 25.3 Å². The van der Waals surface area contributed by atoms with Crippen LogP contribution in [0, 0.1) is 5.41 Å². The summed E-state index contributed by atoms with van der Waals surface area (Å²) in [5.41, 5.74) is -1.22. The maximum atomic E-state index is 12.8. The van der Waals surface area contributed by atoms with Gasteiger partial charge >= 0.3 is 71.1 Å². The standard InChI is InChI=1S/C21H26O10S2.2Na/c1-21(19(22)30-10-4-12-32(24,25)26,20(23)31-11-5-13-33(27,28)29)15-16-8-9-17-6-2-3-7-18(17)14-16;;/h2-3,6-9,14H,4-5,10-13,15H2,1H3,(H,24,25,26)(H,27,28,29);;/q;2*+1/p-2. The summed E-state index contributed by atoms with van der Waals surface area (Å²) >= 11 is 0. The van der Waals surface area contributed by atoms with Crippen molar-refractivity contribution in [3.63, 3.8) is 0 Å². The zero-order valence-electron chi connectivity index (χ0n) is 19.9. The molecule has 2 aromatic carbocycles.